The molecule has 1 aliphatic rings. The third-order valence-electron chi connectivity index (χ3n) is 4.75. The molecule has 26 heavy (non-hydrogen) atoms. The molecule has 0 bridgehead atoms. The first kappa shape index (κ1) is 17.2. The van der Waals surface area contributed by atoms with E-state index in [-0.39, 0.29) is 5.91 Å². The first-order valence-electron chi connectivity index (χ1n) is 8.55. The summed E-state index contributed by atoms with van der Waals surface area (Å²) in [6, 6.07) is 16.4. The van der Waals surface area contributed by atoms with Gasteiger partial charge in [0, 0.05) is 18.1 Å². The molecule has 0 atom stereocenters. The second-order valence-corrected chi connectivity index (χ2v) is 9.18. The number of rotatable bonds is 1. The number of hydrogen-bond donors (Lipinski definition) is 0. The monoisotopic (exact) mass is 380 g/mol. The highest BCUT2D eigenvalue weighted by atomic mass is 32.9. The zero-order chi connectivity index (χ0) is 18.5. The predicted octanol–water partition coefficient (Wildman–Crippen LogP) is 5.62. The van der Waals surface area contributed by atoms with Gasteiger partial charge in [0.25, 0.3) is 0 Å². The Kier molecular flexibility index (Phi) is 4.09. The van der Waals surface area contributed by atoms with Gasteiger partial charge in [0.05, 0.1) is 21.8 Å². The van der Waals surface area contributed by atoms with Gasteiger partial charge in [0.2, 0.25) is 5.91 Å². The van der Waals surface area contributed by atoms with Crippen LogP contribution in [0.2, 0.25) is 0 Å². The molecule has 0 N–H and O–H groups in total. The SMILES string of the molecule is CC(=O)N1c2ccccc2-c2c(ssc2=Nc2ccc(C)cc2)C1(C)C. The number of carbonyl (C=O) groups is 1. The summed E-state index contributed by atoms with van der Waals surface area (Å²) in [6.45, 7) is 7.94. The van der Waals surface area contributed by atoms with Crippen molar-refractivity contribution in [3.05, 3.63) is 63.6 Å². The van der Waals surface area contributed by atoms with E-state index >= 15 is 0 Å². The van der Waals surface area contributed by atoms with Crippen molar-refractivity contribution < 1.29 is 4.79 Å². The molecule has 1 aromatic heterocycles. The molecule has 0 fully saturated rings. The number of carbonyl (C=O) groups excluding carboxylic acids is 1. The summed E-state index contributed by atoms with van der Waals surface area (Å²) in [7, 11) is 3.40. The van der Waals surface area contributed by atoms with Crippen molar-refractivity contribution in [1.82, 2.24) is 0 Å². The van der Waals surface area contributed by atoms with Crippen molar-refractivity contribution in [3.8, 4) is 11.1 Å². The molecule has 2 aromatic carbocycles. The van der Waals surface area contributed by atoms with E-state index in [4.69, 9.17) is 4.99 Å². The molecule has 3 aromatic rings. The second-order valence-electron chi connectivity index (χ2n) is 7.05. The number of para-hydroxylation sites is 1. The van der Waals surface area contributed by atoms with E-state index in [1.807, 2.05) is 35.2 Å². The number of hydrogen-bond acceptors (Lipinski definition) is 4. The van der Waals surface area contributed by atoms with Crippen LogP contribution in [0.1, 0.15) is 31.2 Å². The maximum atomic E-state index is 12.4. The van der Waals surface area contributed by atoms with Crippen LogP contribution < -0.4 is 9.57 Å². The van der Waals surface area contributed by atoms with Crippen LogP contribution >= 0.6 is 20.7 Å². The summed E-state index contributed by atoms with van der Waals surface area (Å²) in [5.41, 5.74) is 5.00. The van der Waals surface area contributed by atoms with Crippen LogP contribution in [0.4, 0.5) is 11.4 Å². The molecule has 3 nitrogen and oxygen atoms in total. The summed E-state index contributed by atoms with van der Waals surface area (Å²) in [5, 5.41) is 0. The maximum absolute atomic E-state index is 12.4. The Morgan fingerprint density at radius 1 is 1.04 bits per heavy atom. The summed E-state index contributed by atoms with van der Waals surface area (Å²) in [6.07, 6.45) is 0. The standard InChI is InChI=1S/C21H20N2OS2/c1-13-9-11-15(12-10-13)22-20-18-16-7-5-6-8-17(16)23(14(2)24)21(3,4)19(18)25-26-20/h5-12H,1-4H3. The highest BCUT2D eigenvalue weighted by Gasteiger charge is 2.41. The molecule has 5 heteroatoms. The molecule has 1 aliphatic heterocycles. The Morgan fingerprint density at radius 3 is 2.42 bits per heavy atom. The first-order valence-corrected chi connectivity index (χ1v) is 10.7. The van der Waals surface area contributed by atoms with Crippen LogP contribution in [-0.4, -0.2) is 5.91 Å². The molecule has 2 heterocycles. The summed E-state index contributed by atoms with van der Waals surface area (Å²) < 4.78 is 1.01. The minimum Gasteiger partial charge on any atom is -0.302 e. The van der Waals surface area contributed by atoms with E-state index in [2.05, 4.69) is 39.0 Å². The number of anilines is 1. The maximum Gasteiger partial charge on any atom is 0.224 e. The van der Waals surface area contributed by atoms with E-state index in [1.54, 1.807) is 27.6 Å². The first-order chi connectivity index (χ1) is 12.4. The van der Waals surface area contributed by atoms with E-state index in [1.165, 1.54) is 16.0 Å². The van der Waals surface area contributed by atoms with Gasteiger partial charge in [-0.3, -0.25) is 4.79 Å². The van der Waals surface area contributed by atoms with Gasteiger partial charge in [-0.05, 0) is 39.0 Å². The molecule has 0 unspecified atom stereocenters. The lowest BCUT2D eigenvalue weighted by Crippen LogP contribution is -2.47. The molecule has 0 saturated carbocycles. The Balaban J connectivity index is 2.00. The van der Waals surface area contributed by atoms with Crippen LogP contribution in [-0.2, 0) is 10.3 Å². The minimum atomic E-state index is -0.391. The van der Waals surface area contributed by atoms with Gasteiger partial charge in [0.1, 0.15) is 4.67 Å². The molecule has 132 valence electrons. The summed E-state index contributed by atoms with van der Waals surface area (Å²) in [5.74, 6) is 0.0588. The van der Waals surface area contributed by atoms with Crippen molar-refractivity contribution in [3.63, 3.8) is 0 Å². The molecule has 0 radical (unpaired) electrons. The van der Waals surface area contributed by atoms with E-state index < -0.39 is 5.54 Å². The van der Waals surface area contributed by atoms with Gasteiger partial charge < -0.3 is 4.90 Å². The van der Waals surface area contributed by atoms with Gasteiger partial charge in [-0.1, -0.05) is 56.6 Å². The van der Waals surface area contributed by atoms with Crippen molar-refractivity contribution in [2.24, 2.45) is 4.99 Å². The zero-order valence-corrected chi connectivity index (χ0v) is 16.9. The second kappa shape index (κ2) is 6.18. The Labute approximate surface area is 160 Å². The zero-order valence-electron chi connectivity index (χ0n) is 15.2. The van der Waals surface area contributed by atoms with Crippen LogP contribution in [0.3, 0.4) is 0 Å². The van der Waals surface area contributed by atoms with E-state index in [9.17, 15) is 4.79 Å². The van der Waals surface area contributed by atoms with Crippen LogP contribution in [0.5, 0.6) is 0 Å². The summed E-state index contributed by atoms with van der Waals surface area (Å²) in [4.78, 5) is 20.4. The van der Waals surface area contributed by atoms with Crippen molar-refractivity contribution in [1.29, 1.82) is 0 Å². The molecular formula is C21H20N2OS2. The number of nitrogens with zero attached hydrogens (tertiary/aromatic N) is 2. The Morgan fingerprint density at radius 2 is 1.73 bits per heavy atom. The third kappa shape index (κ3) is 2.63. The fraction of sp³-hybridized carbons (Fsp3) is 0.238. The smallest absolute Gasteiger partial charge is 0.224 e. The van der Waals surface area contributed by atoms with Gasteiger partial charge in [-0.25, -0.2) is 4.99 Å². The average Bonchev–Trinajstić information content (AvgIpc) is 3.01. The fourth-order valence-electron chi connectivity index (χ4n) is 3.56. The van der Waals surface area contributed by atoms with Gasteiger partial charge in [0.15, 0.2) is 0 Å². The highest BCUT2D eigenvalue weighted by Crippen LogP contribution is 2.49. The summed E-state index contributed by atoms with van der Waals surface area (Å²) >= 11 is 0. The highest BCUT2D eigenvalue weighted by molar-refractivity contribution is 7.68. The van der Waals surface area contributed by atoms with Crippen LogP contribution in [0.15, 0.2) is 53.5 Å². The van der Waals surface area contributed by atoms with Crippen molar-refractivity contribution in [2.45, 2.75) is 33.2 Å². The van der Waals surface area contributed by atoms with Crippen LogP contribution in [0.25, 0.3) is 11.1 Å². The number of amides is 1. The molecule has 1 amide bonds. The van der Waals surface area contributed by atoms with Crippen molar-refractivity contribution in [2.75, 3.05) is 4.90 Å². The van der Waals surface area contributed by atoms with Gasteiger partial charge in [-0.15, -0.1) is 0 Å². The fourth-order valence-corrected chi connectivity index (χ4v) is 6.52. The lowest BCUT2D eigenvalue weighted by atomic mass is 9.87. The number of aryl methyl sites for hydroxylation is 1. The third-order valence-corrected chi connectivity index (χ3v) is 7.38. The predicted molar refractivity (Wildman–Crippen MR) is 110 cm³/mol. The molecule has 0 saturated heterocycles. The lowest BCUT2D eigenvalue weighted by molar-refractivity contribution is -0.117. The normalized spacial score (nSPS) is 15.5. The molecule has 4 rings (SSSR count). The lowest BCUT2D eigenvalue weighted by Gasteiger charge is -2.42. The largest absolute Gasteiger partial charge is 0.302 e. The van der Waals surface area contributed by atoms with Crippen LogP contribution in [0, 0.1) is 6.92 Å². The van der Waals surface area contributed by atoms with E-state index in [0.717, 1.165) is 21.6 Å². The Hall–Kier alpha value is -2.24. The van der Waals surface area contributed by atoms with E-state index in [0.29, 0.717) is 0 Å². The average molecular weight is 381 g/mol. The topological polar surface area (TPSA) is 32.7 Å². The van der Waals surface area contributed by atoms with Gasteiger partial charge >= 0.3 is 0 Å². The molecule has 0 spiro atoms. The number of fused-ring (bicyclic) bond motifs is 3. The molecule has 0 aliphatic carbocycles. The quantitative estimate of drug-likeness (QED) is 0.504. The molecular weight excluding hydrogens is 360 g/mol. The Bertz CT molecular complexity index is 1060. The number of benzene rings is 2. The minimum absolute atomic E-state index is 0.0588. The van der Waals surface area contributed by atoms with Crippen molar-refractivity contribution >= 4 is 38.0 Å². The van der Waals surface area contributed by atoms with Gasteiger partial charge in [-0.2, -0.15) is 0 Å².